The quantitative estimate of drug-likeness (QED) is 0.748. The zero-order valence-electron chi connectivity index (χ0n) is 11.7. The van der Waals surface area contributed by atoms with Crippen LogP contribution in [0.3, 0.4) is 0 Å². The summed E-state index contributed by atoms with van der Waals surface area (Å²) in [5.74, 6) is -0.257. The number of carbonyl (C=O) groups is 2. The summed E-state index contributed by atoms with van der Waals surface area (Å²) in [6.45, 7) is 4.38. The number of rotatable bonds is 5. The monoisotopic (exact) mass is 275 g/mol. The highest BCUT2D eigenvalue weighted by atomic mass is 16.2. The number of benzene rings is 1. The van der Waals surface area contributed by atoms with Gasteiger partial charge in [-0.15, -0.1) is 0 Å². The molecule has 0 bridgehead atoms. The third-order valence-corrected chi connectivity index (χ3v) is 3.32. The van der Waals surface area contributed by atoms with Crippen molar-refractivity contribution < 1.29 is 9.59 Å². The molecule has 0 saturated carbocycles. The molecule has 108 valence electrons. The first-order valence-corrected chi connectivity index (χ1v) is 7.10. The standard InChI is InChI=1S/C15H21N3O2/c1-2-7-17-14(19)11-4-3-5-12(9-11)15(20)18-13-6-8-16-10-13/h3-5,9,13,16H,2,6-8,10H2,1H3,(H,17,19)(H,18,20). The molecular formula is C15H21N3O2. The average Bonchev–Trinajstić information content (AvgIpc) is 2.97. The van der Waals surface area contributed by atoms with Crippen LogP contribution in [0.15, 0.2) is 24.3 Å². The lowest BCUT2D eigenvalue weighted by Gasteiger charge is -2.12. The van der Waals surface area contributed by atoms with Crippen LogP contribution in [0.25, 0.3) is 0 Å². The Labute approximate surface area is 119 Å². The van der Waals surface area contributed by atoms with Gasteiger partial charge in [-0.25, -0.2) is 0 Å². The molecule has 0 aliphatic carbocycles. The first-order valence-electron chi connectivity index (χ1n) is 7.10. The summed E-state index contributed by atoms with van der Waals surface area (Å²) in [7, 11) is 0. The zero-order valence-corrected chi connectivity index (χ0v) is 11.7. The summed E-state index contributed by atoms with van der Waals surface area (Å²) in [6, 6.07) is 7.01. The van der Waals surface area contributed by atoms with E-state index < -0.39 is 0 Å². The second-order valence-corrected chi connectivity index (χ2v) is 5.00. The van der Waals surface area contributed by atoms with Gasteiger partial charge in [-0.3, -0.25) is 9.59 Å². The second kappa shape index (κ2) is 7.05. The predicted molar refractivity (Wildman–Crippen MR) is 77.8 cm³/mol. The lowest BCUT2D eigenvalue weighted by Crippen LogP contribution is -2.36. The number of carbonyl (C=O) groups excluding carboxylic acids is 2. The zero-order chi connectivity index (χ0) is 14.4. The van der Waals surface area contributed by atoms with Gasteiger partial charge in [0.15, 0.2) is 0 Å². The van der Waals surface area contributed by atoms with E-state index in [4.69, 9.17) is 0 Å². The summed E-state index contributed by atoms with van der Waals surface area (Å²) in [5.41, 5.74) is 1.05. The highest BCUT2D eigenvalue weighted by Gasteiger charge is 2.18. The van der Waals surface area contributed by atoms with Gasteiger partial charge in [-0.2, -0.15) is 0 Å². The molecule has 1 unspecified atom stereocenters. The molecule has 0 aromatic heterocycles. The predicted octanol–water partition coefficient (Wildman–Crippen LogP) is 0.918. The first-order chi connectivity index (χ1) is 9.70. The molecule has 0 spiro atoms. The molecule has 5 nitrogen and oxygen atoms in total. The van der Waals surface area contributed by atoms with Gasteiger partial charge in [0.05, 0.1) is 0 Å². The number of nitrogens with one attached hydrogen (secondary N) is 3. The highest BCUT2D eigenvalue weighted by molar-refractivity contribution is 5.99. The van der Waals surface area contributed by atoms with Crippen LogP contribution in [-0.4, -0.2) is 37.5 Å². The SMILES string of the molecule is CCCNC(=O)c1cccc(C(=O)NC2CCNC2)c1. The van der Waals surface area contributed by atoms with Gasteiger partial charge in [0, 0.05) is 30.3 Å². The Hall–Kier alpha value is -1.88. The lowest BCUT2D eigenvalue weighted by molar-refractivity contribution is 0.0940. The van der Waals surface area contributed by atoms with Crippen LogP contribution in [0.5, 0.6) is 0 Å². The van der Waals surface area contributed by atoms with E-state index in [1.165, 1.54) is 0 Å². The Balaban J connectivity index is 2.00. The fourth-order valence-corrected chi connectivity index (χ4v) is 2.19. The molecule has 3 N–H and O–H groups in total. The minimum Gasteiger partial charge on any atom is -0.352 e. The number of hydrogen-bond acceptors (Lipinski definition) is 3. The maximum Gasteiger partial charge on any atom is 0.251 e. The summed E-state index contributed by atoms with van der Waals surface area (Å²) < 4.78 is 0. The van der Waals surface area contributed by atoms with E-state index in [2.05, 4.69) is 16.0 Å². The van der Waals surface area contributed by atoms with Crippen molar-refractivity contribution in [2.45, 2.75) is 25.8 Å². The molecule has 1 aromatic rings. The molecule has 5 heteroatoms. The van der Waals surface area contributed by atoms with E-state index in [1.807, 2.05) is 6.92 Å². The lowest BCUT2D eigenvalue weighted by atomic mass is 10.1. The van der Waals surface area contributed by atoms with Gasteiger partial charge in [0.1, 0.15) is 0 Å². The normalized spacial score (nSPS) is 17.8. The van der Waals surface area contributed by atoms with Crippen LogP contribution in [-0.2, 0) is 0 Å². The van der Waals surface area contributed by atoms with E-state index in [0.29, 0.717) is 17.7 Å². The van der Waals surface area contributed by atoms with Crippen molar-refractivity contribution in [2.24, 2.45) is 0 Å². The van der Waals surface area contributed by atoms with Crippen molar-refractivity contribution in [1.29, 1.82) is 0 Å². The van der Waals surface area contributed by atoms with Gasteiger partial charge < -0.3 is 16.0 Å². The Kier molecular flexibility index (Phi) is 5.12. The molecular weight excluding hydrogens is 254 g/mol. The molecule has 1 fully saturated rings. The van der Waals surface area contributed by atoms with Gasteiger partial charge in [-0.05, 0) is 37.6 Å². The summed E-state index contributed by atoms with van der Waals surface area (Å²) in [5, 5.41) is 8.98. The summed E-state index contributed by atoms with van der Waals surface area (Å²) >= 11 is 0. The van der Waals surface area contributed by atoms with Gasteiger partial charge in [0.25, 0.3) is 11.8 Å². The molecule has 1 aliphatic heterocycles. The van der Waals surface area contributed by atoms with Crippen LogP contribution in [0.1, 0.15) is 40.5 Å². The van der Waals surface area contributed by atoms with Crippen LogP contribution in [0.2, 0.25) is 0 Å². The van der Waals surface area contributed by atoms with Crippen molar-refractivity contribution in [3.8, 4) is 0 Å². The molecule has 1 saturated heterocycles. The van der Waals surface area contributed by atoms with Crippen LogP contribution in [0, 0.1) is 0 Å². The molecule has 1 aliphatic rings. The molecule has 2 rings (SSSR count). The third kappa shape index (κ3) is 3.81. The maximum atomic E-state index is 12.1. The van der Waals surface area contributed by atoms with Crippen molar-refractivity contribution in [1.82, 2.24) is 16.0 Å². The topological polar surface area (TPSA) is 70.2 Å². The van der Waals surface area contributed by atoms with E-state index in [0.717, 1.165) is 25.9 Å². The van der Waals surface area contributed by atoms with Gasteiger partial charge in [0.2, 0.25) is 0 Å². The van der Waals surface area contributed by atoms with E-state index in [-0.39, 0.29) is 17.9 Å². The average molecular weight is 275 g/mol. The second-order valence-electron chi connectivity index (χ2n) is 5.00. The molecule has 20 heavy (non-hydrogen) atoms. The van der Waals surface area contributed by atoms with Crippen molar-refractivity contribution >= 4 is 11.8 Å². The van der Waals surface area contributed by atoms with E-state index in [9.17, 15) is 9.59 Å². The van der Waals surface area contributed by atoms with Crippen molar-refractivity contribution in [2.75, 3.05) is 19.6 Å². The number of amides is 2. The van der Waals surface area contributed by atoms with Crippen molar-refractivity contribution in [3.05, 3.63) is 35.4 Å². The molecule has 1 aromatic carbocycles. The Morgan fingerprint density at radius 3 is 2.70 bits per heavy atom. The van der Waals surface area contributed by atoms with Gasteiger partial charge >= 0.3 is 0 Å². The van der Waals surface area contributed by atoms with E-state index >= 15 is 0 Å². The van der Waals surface area contributed by atoms with Crippen LogP contribution >= 0.6 is 0 Å². The Bertz CT molecular complexity index is 482. The van der Waals surface area contributed by atoms with Crippen LogP contribution < -0.4 is 16.0 Å². The third-order valence-electron chi connectivity index (χ3n) is 3.32. The summed E-state index contributed by atoms with van der Waals surface area (Å²) in [6.07, 6.45) is 1.84. The molecule has 0 radical (unpaired) electrons. The Morgan fingerprint density at radius 1 is 1.30 bits per heavy atom. The van der Waals surface area contributed by atoms with Crippen molar-refractivity contribution in [3.63, 3.8) is 0 Å². The largest absolute Gasteiger partial charge is 0.352 e. The summed E-state index contributed by atoms with van der Waals surface area (Å²) in [4.78, 5) is 24.0. The molecule has 2 amide bonds. The fraction of sp³-hybridized carbons (Fsp3) is 0.467. The van der Waals surface area contributed by atoms with E-state index in [1.54, 1.807) is 24.3 Å². The molecule has 1 atom stereocenters. The smallest absolute Gasteiger partial charge is 0.251 e. The van der Waals surface area contributed by atoms with Gasteiger partial charge in [-0.1, -0.05) is 13.0 Å². The molecule has 1 heterocycles. The highest BCUT2D eigenvalue weighted by Crippen LogP contribution is 2.07. The fourth-order valence-electron chi connectivity index (χ4n) is 2.19. The maximum absolute atomic E-state index is 12.1. The minimum atomic E-state index is -0.135. The van der Waals surface area contributed by atoms with Crippen LogP contribution in [0.4, 0.5) is 0 Å². The minimum absolute atomic E-state index is 0.121. The Morgan fingerprint density at radius 2 is 2.05 bits per heavy atom. The first kappa shape index (κ1) is 14.5. The number of hydrogen-bond donors (Lipinski definition) is 3.